The molecule has 0 N–H and O–H groups in total. The molecular weight excluding hydrogens is 142 g/mol. The van der Waals surface area contributed by atoms with Crippen molar-refractivity contribution in [3.8, 4) is 0 Å². The SMILES string of the molecule is C[C@H]1COC[C@@H]2CCC[N@@+]21[O-]. The summed E-state index contributed by atoms with van der Waals surface area (Å²) < 4.78 is 5.37. The van der Waals surface area contributed by atoms with E-state index in [1.54, 1.807) is 0 Å². The Kier molecular flexibility index (Phi) is 1.67. The fraction of sp³-hybridized carbons (Fsp3) is 1.00. The number of ether oxygens (including phenoxy) is 1. The molecule has 11 heavy (non-hydrogen) atoms. The molecule has 0 saturated carbocycles. The number of nitrogens with zero attached hydrogens (tertiary/aromatic N) is 1. The lowest BCUT2D eigenvalue weighted by atomic mass is 10.1. The number of hydroxylamine groups is 3. The van der Waals surface area contributed by atoms with Crippen LogP contribution >= 0.6 is 0 Å². The van der Waals surface area contributed by atoms with E-state index in [4.69, 9.17) is 4.74 Å². The van der Waals surface area contributed by atoms with Gasteiger partial charge in [-0.2, -0.15) is 0 Å². The molecule has 2 saturated heterocycles. The smallest absolute Gasteiger partial charge is 0.113 e. The Morgan fingerprint density at radius 2 is 2.27 bits per heavy atom. The van der Waals surface area contributed by atoms with Gasteiger partial charge in [0.15, 0.2) is 0 Å². The van der Waals surface area contributed by atoms with Crippen molar-refractivity contribution < 1.29 is 9.38 Å². The highest BCUT2D eigenvalue weighted by molar-refractivity contribution is 4.75. The topological polar surface area (TPSA) is 32.3 Å². The van der Waals surface area contributed by atoms with Gasteiger partial charge in [-0.3, -0.25) is 0 Å². The molecule has 3 atom stereocenters. The van der Waals surface area contributed by atoms with Crippen LogP contribution in [0.25, 0.3) is 0 Å². The fourth-order valence-electron chi connectivity index (χ4n) is 2.27. The Labute approximate surface area is 67.1 Å². The average Bonchev–Trinajstić information content (AvgIpc) is 2.34. The van der Waals surface area contributed by atoms with Crippen LogP contribution in [0.4, 0.5) is 0 Å². The van der Waals surface area contributed by atoms with Gasteiger partial charge in [-0.25, -0.2) is 0 Å². The van der Waals surface area contributed by atoms with Crippen LogP contribution in [0.15, 0.2) is 0 Å². The zero-order valence-electron chi connectivity index (χ0n) is 6.95. The second-order valence-electron chi connectivity index (χ2n) is 3.76. The van der Waals surface area contributed by atoms with E-state index in [9.17, 15) is 5.21 Å². The first kappa shape index (κ1) is 7.53. The van der Waals surface area contributed by atoms with Crippen molar-refractivity contribution in [2.24, 2.45) is 0 Å². The van der Waals surface area contributed by atoms with Gasteiger partial charge in [0.05, 0.1) is 19.8 Å². The van der Waals surface area contributed by atoms with Gasteiger partial charge in [0.1, 0.15) is 12.1 Å². The van der Waals surface area contributed by atoms with Crippen molar-refractivity contribution >= 4 is 0 Å². The van der Waals surface area contributed by atoms with Crippen LogP contribution in [0.5, 0.6) is 0 Å². The maximum absolute atomic E-state index is 12.1. The normalized spacial score (nSPS) is 50.7. The summed E-state index contributed by atoms with van der Waals surface area (Å²) in [7, 11) is 0. The minimum Gasteiger partial charge on any atom is -0.632 e. The number of rotatable bonds is 0. The second-order valence-corrected chi connectivity index (χ2v) is 3.76. The lowest BCUT2D eigenvalue weighted by molar-refractivity contribution is -0.923. The standard InChI is InChI=1S/C8H15NO2/c1-7-5-11-6-8-3-2-4-9(7,8)10/h7-8H,2-6H2,1H3/t7-,8-,9-/m0/s1. The summed E-state index contributed by atoms with van der Waals surface area (Å²) in [6.45, 7) is 4.16. The Bertz CT molecular complexity index is 162. The van der Waals surface area contributed by atoms with Crippen molar-refractivity contribution in [3.63, 3.8) is 0 Å². The van der Waals surface area contributed by atoms with E-state index < -0.39 is 0 Å². The Hall–Kier alpha value is -0.120. The molecule has 0 amide bonds. The van der Waals surface area contributed by atoms with Gasteiger partial charge >= 0.3 is 0 Å². The lowest BCUT2D eigenvalue weighted by Gasteiger charge is -2.51. The molecule has 2 aliphatic rings. The van der Waals surface area contributed by atoms with Crippen molar-refractivity contribution in [2.75, 3.05) is 19.8 Å². The molecule has 0 spiro atoms. The van der Waals surface area contributed by atoms with Crippen LogP contribution in [0.2, 0.25) is 0 Å². The van der Waals surface area contributed by atoms with Gasteiger partial charge in [0, 0.05) is 12.8 Å². The third-order valence-electron chi connectivity index (χ3n) is 3.08. The van der Waals surface area contributed by atoms with E-state index >= 15 is 0 Å². The molecular formula is C8H15NO2. The summed E-state index contributed by atoms with van der Waals surface area (Å²) in [5.74, 6) is 0. The van der Waals surface area contributed by atoms with Gasteiger partial charge in [-0.15, -0.1) is 0 Å². The summed E-state index contributed by atoms with van der Waals surface area (Å²) >= 11 is 0. The summed E-state index contributed by atoms with van der Waals surface area (Å²) in [5, 5.41) is 12.1. The number of hydrogen-bond acceptors (Lipinski definition) is 2. The second kappa shape index (κ2) is 2.44. The summed E-state index contributed by atoms with van der Waals surface area (Å²) in [6, 6.07) is 0.412. The minimum absolute atomic E-state index is 0.0278. The maximum atomic E-state index is 12.1. The number of quaternary nitrogens is 1. The maximum Gasteiger partial charge on any atom is 0.113 e. The van der Waals surface area contributed by atoms with Gasteiger partial charge in [-0.05, 0) is 6.92 Å². The fourth-order valence-corrected chi connectivity index (χ4v) is 2.27. The van der Waals surface area contributed by atoms with Crippen LogP contribution in [0.3, 0.4) is 0 Å². The van der Waals surface area contributed by atoms with Gasteiger partial charge in [0.25, 0.3) is 0 Å². The van der Waals surface area contributed by atoms with Gasteiger partial charge in [0.2, 0.25) is 0 Å². The average molecular weight is 157 g/mol. The van der Waals surface area contributed by atoms with Crippen LogP contribution < -0.4 is 0 Å². The Balaban J connectivity index is 2.17. The first-order valence-corrected chi connectivity index (χ1v) is 4.39. The molecule has 0 radical (unpaired) electrons. The molecule has 64 valence electrons. The van der Waals surface area contributed by atoms with Crippen molar-refractivity contribution in [1.29, 1.82) is 0 Å². The number of morpholine rings is 1. The van der Waals surface area contributed by atoms with E-state index in [1.165, 1.54) is 0 Å². The first-order chi connectivity index (χ1) is 5.23. The van der Waals surface area contributed by atoms with Crippen LogP contribution in [-0.2, 0) is 4.74 Å². The molecule has 2 rings (SSSR count). The zero-order valence-corrected chi connectivity index (χ0v) is 6.95. The van der Waals surface area contributed by atoms with E-state index in [1.807, 2.05) is 6.92 Å². The molecule has 3 nitrogen and oxygen atoms in total. The number of fused-ring (bicyclic) bond motifs is 1. The predicted octanol–water partition coefficient (Wildman–Crippen LogP) is 0.882. The molecule has 2 aliphatic heterocycles. The molecule has 0 aromatic heterocycles. The van der Waals surface area contributed by atoms with E-state index in [0.29, 0.717) is 13.2 Å². The molecule has 0 aliphatic carbocycles. The van der Waals surface area contributed by atoms with Crippen molar-refractivity contribution in [3.05, 3.63) is 5.21 Å². The largest absolute Gasteiger partial charge is 0.632 e. The van der Waals surface area contributed by atoms with Crippen molar-refractivity contribution in [2.45, 2.75) is 31.8 Å². The summed E-state index contributed by atoms with van der Waals surface area (Å²) in [5.41, 5.74) is 0. The summed E-state index contributed by atoms with van der Waals surface area (Å²) in [6.07, 6.45) is 2.15. The Morgan fingerprint density at radius 3 is 3.00 bits per heavy atom. The lowest BCUT2D eigenvalue weighted by Crippen LogP contribution is -2.59. The molecule has 0 aromatic rings. The van der Waals surface area contributed by atoms with Crippen molar-refractivity contribution in [1.82, 2.24) is 0 Å². The quantitative estimate of drug-likeness (QED) is 0.386. The molecule has 2 fully saturated rings. The highest BCUT2D eigenvalue weighted by Gasteiger charge is 2.41. The molecule has 2 heterocycles. The Morgan fingerprint density at radius 1 is 1.45 bits per heavy atom. The number of hydrogen-bond donors (Lipinski definition) is 0. The zero-order chi connectivity index (χ0) is 7.90. The van der Waals surface area contributed by atoms with Crippen LogP contribution in [0, 0.1) is 5.21 Å². The monoisotopic (exact) mass is 157 g/mol. The minimum atomic E-state index is 0.0278. The molecule has 3 heteroatoms. The summed E-state index contributed by atoms with van der Waals surface area (Å²) in [4.78, 5) is 0. The molecule has 0 bridgehead atoms. The van der Waals surface area contributed by atoms with E-state index in [0.717, 1.165) is 19.4 Å². The molecule has 0 unspecified atom stereocenters. The van der Waals surface area contributed by atoms with Crippen LogP contribution in [0.1, 0.15) is 19.8 Å². The van der Waals surface area contributed by atoms with E-state index in [2.05, 4.69) is 0 Å². The highest BCUT2D eigenvalue weighted by atomic mass is 16.6. The highest BCUT2D eigenvalue weighted by Crippen LogP contribution is 2.32. The first-order valence-electron chi connectivity index (χ1n) is 4.39. The van der Waals surface area contributed by atoms with Gasteiger partial charge < -0.3 is 14.6 Å². The van der Waals surface area contributed by atoms with Crippen LogP contribution in [-0.4, -0.2) is 36.5 Å². The van der Waals surface area contributed by atoms with E-state index in [-0.39, 0.29) is 16.7 Å². The molecule has 0 aromatic carbocycles. The third kappa shape index (κ3) is 0.991. The van der Waals surface area contributed by atoms with Gasteiger partial charge in [-0.1, -0.05) is 0 Å². The third-order valence-corrected chi connectivity index (χ3v) is 3.08. The predicted molar refractivity (Wildman–Crippen MR) is 41.8 cm³/mol.